The molecule has 5 nitrogen and oxygen atoms in total. The van der Waals surface area contributed by atoms with E-state index in [1.807, 2.05) is 37.9 Å². The molecule has 0 spiro atoms. The number of likely N-dealkylation sites (tertiary alicyclic amines) is 1. The number of aromatic nitrogens is 1. The number of nitrogens with one attached hydrogen (secondary N) is 1. The van der Waals surface area contributed by atoms with E-state index < -0.39 is 5.60 Å². The van der Waals surface area contributed by atoms with Gasteiger partial charge in [0.1, 0.15) is 5.60 Å². The van der Waals surface area contributed by atoms with Crippen molar-refractivity contribution in [1.82, 2.24) is 14.8 Å². The Morgan fingerprint density at radius 1 is 1.52 bits per heavy atom. The minimum atomic E-state index is -0.432. The van der Waals surface area contributed by atoms with Crippen molar-refractivity contribution in [1.29, 1.82) is 0 Å². The molecule has 1 aliphatic rings. The van der Waals surface area contributed by atoms with Crippen molar-refractivity contribution in [2.45, 2.75) is 51.8 Å². The number of carbonyl (C=O) groups excluding carboxylic acids is 1. The summed E-state index contributed by atoms with van der Waals surface area (Å²) in [7, 11) is 2.12. The van der Waals surface area contributed by atoms with Crippen LogP contribution >= 0.6 is 0 Å². The van der Waals surface area contributed by atoms with Crippen molar-refractivity contribution < 1.29 is 9.53 Å². The van der Waals surface area contributed by atoms with Gasteiger partial charge in [-0.1, -0.05) is 0 Å². The van der Waals surface area contributed by atoms with E-state index in [0.717, 1.165) is 19.5 Å². The Balaban J connectivity index is 1.91. The Kier molecular flexibility index (Phi) is 4.61. The summed E-state index contributed by atoms with van der Waals surface area (Å²) < 4.78 is 5.44. The molecule has 1 aromatic rings. The van der Waals surface area contributed by atoms with Crippen molar-refractivity contribution in [3.05, 3.63) is 24.0 Å². The van der Waals surface area contributed by atoms with Gasteiger partial charge in [0, 0.05) is 37.1 Å². The van der Waals surface area contributed by atoms with Crippen molar-refractivity contribution in [3.8, 4) is 0 Å². The van der Waals surface area contributed by atoms with Gasteiger partial charge in [0.05, 0.1) is 0 Å². The van der Waals surface area contributed by atoms with E-state index >= 15 is 0 Å². The second kappa shape index (κ2) is 6.10. The Labute approximate surface area is 127 Å². The number of nitrogens with zero attached hydrogens (tertiary/aromatic N) is 2. The van der Waals surface area contributed by atoms with Gasteiger partial charge < -0.3 is 14.6 Å². The predicted octanol–water partition coefficient (Wildman–Crippen LogP) is 3.02. The third-order valence-corrected chi connectivity index (χ3v) is 4.07. The first-order chi connectivity index (χ1) is 9.78. The number of carbonyl (C=O) groups is 1. The summed E-state index contributed by atoms with van der Waals surface area (Å²) in [4.78, 5) is 19.5. The lowest BCUT2D eigenvalue weighted by atomic mass is 10.1. The highest BCUT2D eigenvalue weighted by atomic mass is 16.6. The maximum atomic E-state index is 12.1. The monoisotopic (exact) mass is 293 g/mol. The van der Waals surface area contributed by atoms with Crippen LogP contribution in [0.1, 0.15) is 45.9 Å². The average molecular weight is 293 g/mol. The summed E-state index contributed by atoms with van der Waals surface area (Å²) in [5.74, 6) is 0. The average Bonchev–Trinajstić information content (AvgIpc) is 3.06. The van der Waals surface area contributed by atoms with E-state index in [1.54, 1.807) is 0 Å². The first-order valence-corrected chi connectivity index (χ1v) is 7.61. The summed E-state index contributed by atoms with van der Waals surface area (Å²) in [6.45, 7) is 9.38. The molecular formula is C16H27N3O2. The van der Waals surface area contributed by atoms with Crippen LogP contribution in [0.2, 0.25) is 0 Å². The van der Waals surface area contributed by atoms with Crippen LogP contribution < -0.4 is 0 Å². The third kappa shape index (κ3) is 4.00. The number of aromatic amines is 1. The zero-order valence-electron chi connectivity index (χ0n) is 13.7. The molecule has 0 bridgehead atoms. The first-order valence-electron chi connectivity index (χ1n) is 7.61. The lowest BCUT2D eigenvalue weighted by Gasteiger charge is -2.30. The van der Waals surface area contributed by atoms with E-state index in [4.69, 9.17) is 4.74 Å². The molecule has 1 N–H and O–H groups in total. The summed E-state index contributed by atoms with van der Waals surface area (Å²) in [6.07, 6.45) is 2.73. The van der Waals surface area contributed by atoms with Gasteiger partial charge in [0.25, 0.3) is 0 Å². The molecule has 0 radical (unpaired) electrons. The highest BCUT2D eigenvalue weighted by molar-refractivity contribution is 5.68. The predicted molar refractivity (Wildman–Crippen MR) is 83.2 cm³/mol. The van der Waals surface area contributed by atoms with Gasteiger partial charge in [0.2, 0.25) is 0 Å². The van der Waals surface area contributed by atoms with Gasteiger partial charge in [0.15, 0.2) is 0 Å². The van der Waals surface area contributed by atoms with Gasteiger partial charge in [-0.2, -0.15) is 0 Å². The third-order valence-electron chi connectivity index (χ3n) is 4.07. The van der Waals surface area contributed by atoms with E-state index in [0.29, 0.717) is 12.1 Å². The molecule has 21 heavy (non-hydrogen) atoms. The molecule has 2 heterocycles. The van der Waals surface area contributed by atoms with Crippen molar-refractivity contribution >= 4 is 6.09 Å². The van der Waals surface area contributed by atoms with Crippen LogP contribution in [0.5, 0.6) is 0 Å². The second-order valence-electron chi connectivity index (χ2n) is 6.84. The van der Waals surface area contributed by atoms with Crippen molar-refractivity contribution in [2.75, 3.05) is 20.1 Å². The topological polar surface area (TPSA) is 48.6 Å². The molecule has 1 amide bonds. The molecular weight excluding hydrogens is 266 g/mol. The number of rotatable bonds is 3. The van der Waals surface area contributed by atoms with Crippen LogP contribution in [-0.4, -0.2) is 52.7 Å². The van der Waals surface area contributed by atoms with Gasteiger partial charge in [-0.25, -0.2) is 4.79 Å². The fraction of sp³-hybridized carbons (Fsp3) is 0.688. The number of hydrogen-bond donors (Lipinski definition) is 1. The number of H-pyrrole nitrogens is 1. The summed E-state index contributed by atoms with van der Waals surface area (Å²) in [6, 6.07) is 4.79. The Morgan fingerprint density at radius 3 is 2.81 bits per heavy atom. The lowest BCUT2D eigenvalue weighted by molar-refractivity contribution is 0.0278. The maximum absolute atomic E-state index is 12.1. The minimum Gasteiger partial charge on any atom is -0.444 e. The standard InChI is InChI=1S/C16H27N3O2/c1-12(14-7-6-9-17-14)18(5)13-8-10-19(11-13)15(20)21-16(2,3)4/h6-7,9,12-13,17H,8,10-11H2,1-5H3/t12?,13-/m0/s1. The van der Waals surface area contributed by atoms with E-state index in [1.165, 1.54) is 5.69 Å². The van der Waals surface area contributed by atoms with Crippen LogP contribution in [0.15, 0.2) is 18.3 Å². The highest BCUT2D eigenvalue weighted by Crippen LogP contribution is 2.25. The molecule has 1 aromatic heterocycles. The van der Waals surface area contributed by atoms with Gasteiger partial charge in [-0.3, -0.25) is 4.90 Å². The van der Waals surface area contributed by atoms with Crippen LogP contribution in [0.25, 0.3) is 0 Å². The fourth-order valence-electron chi connectivity index (χ4n) is 2.71. The number of ether oxygens (including phenoxy) is 1. The minimum absolute atomic E-state index is 0.203. The number of likely N-dealkylation sites (N-methyl/N-ethyl adjacent to an activating group) is 1. The molecule has 118 valence electrons. The van der Waals surface area contributed by atoms with E-state index in [-0.39, 0.29) is 6.09 Å². The first kappa shape index (κ1) is 15.9. The van der Waals surface area contributed by atoms with Gasteiger partial charge in [-0.15, -0.1) is 0 Å². The van der Waals surface area contributed by atoms with Gasteiger partial charge >= 0.3 is 6.09 Å². The Morgan fingerprint density at radius 2 is 2.24 bits per heavy atom. The SMILES string of the molecule is CC(c1ccc[nH]1)N(C)[C@H]1CCN(C(=O)OC(C)(C)C)C1. The number of amides is 1. The van der Waals surface area contributed by atoms with Crippen LogP contribution in [0, 0.1) is 0 Å². The van der Waals surface area contributed by atoms with Crippen molar-refractivity contribution in [3.63, 3.8) is 0 Å². The normalized spacial score (nSPS) is 20.9. The largest absolute Gasteiger partial charge is 0.444 e. The molecule has 0 saturated carbocycles. The Bertz CT molecular complexity index is 464. The smallest absolute Gasteiger partial charge is 0.410 e. The van der Waals surface area contributed by atoms with E-state index in [9.17, 15) is 4.79 Å². The summed E-state index contributed by atoms with van der Waals surface area (Å²) in [5.41, 5.74) is 0.770. The van der Waals surface area contributed by atoms with Gasteiger partial charge in [-0.05, 0) is 53.3 Å². The quantitative estimate of drug-likeness (QED) is 0.932. The van der Waals surface area contributed by atoms with Crippen LogP contribution in [0.4, 0.5) is 4.79 Å². The maximum Gasteiger partial charge on any atom is 0.410 e. The zero-order valence-corrected chi connectivity index (χ0v) is 13.7. The highest BCUT2D eigenvalue weighted by Gasteiger charge is 2.33. The molecule has 1 saturated heterocycles. The van der Waals surface area contributed by atoms with Crippen LogP contribution in [0.3, 0.4) is 0 Å². The lowest BCUT2D eigenvalue weighted by Crippen LogP contribution is -2.39. The molecule has 1 unspecified atom stereocenters. The van der Waals surface area contributed by atoms with E-state index in [2.05, 4.69) is 29.9 Å². The number of hydrogen-bond acceptors (Lipinski definition) is 3. The molecule has 1 fully saturated rings. The zero-order chi connectivity index (χ0) is 15.6. The fourth-order valence-corrected chi connectivity index (χ4v) is 2.71. The molecule has 0 aliphatic carbocycles. The molecule has 2 atom stereocenters. The van der Waals surface area contributed by atoms with Crippen LogP contribution in [-0.2, 0) is 4.74 Å². The second-order valence-corrected chi connectivity index (χ2v) is 6.84. The summed E-state index contributed by atoms with van der Waals surface area (Å²) in [5, 5.41) is 0. The molecule has 5 heteroatoms. The molecule has 0 aromatic carbocycles. The van der Waals surface area contributed by atoms with Crippen molar-refractivity contribution in [2.24, 2.45) is 0 Å². The Hall–Kier alpha value is -1.49. The summed E-state index contributed by atoms with van der Waals surface area (Å²) >= 11 is 0. The molecule has 2 rings (SSSR count). The molecule has 1 aliphatic heterocycles.